The Labute approximate surface area is 109 Å². The largest absolute Gasteiger partial charge is 0.372 e. The molecule has 17 heavy (non-hydrogen) atoms. The Morgan fingerprint density at radius 3 is 2.71 bits per heavy atom. The van der Waals surface area contributed by atoms with Crippen molar-refractivity contribution in [2.75, 3.05) is 32.1 Å². The first-order valence-electron chi connectivity index (χ1n) is 5.27. The molecule has 0 aromatic heterocycles. The van der Waals surface area contributed by atoms with Gasteiger partial charge in [0.25, 0.3) is 5.69 Å². The highest BCUT2D eigenvalue weighted by atomic mass is 79.9. The number of nitro benzene ring substituents is 1. The SMILES string of the molecule is CNCCN(C)c1cc(C)c([N+](=O)[O-])cc1Br. The van der Waals surface area contributed by atoms with E-state index in [2.05, 4.69) is 26.1 Å². The number of halogens is 1. The van der Waals surface area contributed by atoms with Gasteiger partial charge in [0.15, 0.2) is 0 Å². The van der Waals surface area contributed by atoms with Gasteiger partial charge in [0, 0.05) is 36.2 Å². The second-order valence-electron chi connectivity index (χ2n) is 3.87. The fourth-order valence-corrected chi connectivity index (χ4v) is 2.18. The summed E-state index contributed by atoms with van der Waals surface area (Å²) in [7, 11) is 3.85. The van der Waals surface area contributed by atoms with E-state index < -0.39 is 0 Å². The molecule has 0 saturated carbocycles. The molecule has 0 bridgehead atoms. The van der Waals surface area contributed by atoms with Crippen molar-refractivity contribution in [3.8, 4) is 0 Å². The Balaban J connectivity index is 3.02. The fourth-order valence-electron chi connectivity index (χ4n) is 1.54. The van der Waals surface area contributed by atoms with Gasteiger partial charge in [-0.25, -0.2) is 0 Å². The van der Waals surface area contributed by atoms with Gasteiger partial charge in [-0.3, -0.25) is 10.1 Å². The van der Waals surface area contributed by atoms with Crippen molar-refractivity contribution in [3.05, 3.63) is 32.3 Å². The van der Waals surface area contributed by atoms with Crippen LogP contribution in [0, 0.1) is 17.0 Å². The highest BCUT2D eigenvalue weighted by Gasteiger charge is 2.15. The first-order chi connectivity index (χ1) is 7.97. The van der Waals surface area contributed by atoms with Crippen LogP contribution in [-0.2, 0) is 0 Å². The van der Waals surface area contributed by atoms with Crippen LogP contribution in [0.25, 0.3) is 0 Å². The first-order valence-corrected chi connectivity index (χ1v) is 6.07. The summed E-state index contributed by atoms with van der Waals surface area (Å²) < 4.78 is 0.744. The highest BCUT2D eigenvalue weighted by Crippen LogP contribution is 2.32. The first kappa shape index (κ1) is 13.9. The number of nitro groups is 1. The second kappa shape index (κ2) is 5.97. The van der Waals surface area contributed by atoms with Gasteiger partial charge in [-0.05, 0) is 36.0 Å². The zero-order valence-electron chi connectivity index (χ0n) is 10.2. The predicted molar refractivity (Wildman–Crippen MR) is 72.7 cm³/mol. The number of nitrogens with zero attached hydrogens (tertiary/aromatic N) is 2. The van der Waals surface area contributed by atoms with Crippen molar-refractivity contribution in [1.82, 2.24) is 5.32 Å². The predicted octanol–water partition coefficient (Wildman–Crippen LogP) is 2.32. The lowest BCUT2D eigenvalue weighted by atomic mass is 10.1. The summed E-state index contributed by atoms with van der Waals surface area (Å²) in [4.78, 5) is 12.5. The number of nitrogens with one attached hydrogen (secondary N) is 1. The zero-order chi connectivity index (χ0) is 13.0. The summed E-state index contributed by atoms with van der Waals surface area (Å²) in [6, 6.07) is 3.39. The second-order valence-corrected chi connectivity index (χ2v) is 4.73. The van der Waals surface area contributed by atoms with Gasteiger partial charge in [-0.15, -0.1) is 0 Å². The molecule has 0 atom stereocenters. The number of aryl methyl sites for hydroxylation is 1. The van der Waals surface area contributed by atoms with Crippen LogP contribution in [-0.4, -0.2) is 32.1 Å². The van der Waals surface area contributed by atoms with E-state index in [0.717, 1.165) is 23.2 Å². The van der Waals surface area contributed by atoms with Gasteiger partial charge < -0.3 is 10.2 Å². The maximum atomic E-state index is 10.8. The summed E-state index contributed by atoms with van der Waals surface area (Å²) in [6.45, 7) is 3.45. The number of benzene rings is 1. The Hall–Kier alpha value is -1.14. The molecule has 1 rings (SSSR count). The van der Waals surface area contributed by atoms with E-state index in [9.17, 15) is 10.1 Å². The van der Waals surface area contributed by atoms with E-state index in [0.29, 0.717) is 5.56 Å². The number of hydrogen-bond donors (Lipinski definition) is 1. The molecule has 94 valence electrons. The molecule has 0 unspecified atom stereocenters. The average molecular weight is 302 g/mol. The Kier molecular flexibility index (Phi) is 4.89. The lowest BCUT2D eigenvalue weighted by Crippen LogP contribution is -2.27. The minimum Gasteiger partial charge on any atom is -0.372 e. The third-order valence-electron chi connectivity index (χ3n) is 2.57. The third kappa shape index (κ3) is 3.41. The smallest absolute Gasteiger partial charge is 0.273 e. The summed E-state index contributed by atoms with van der Waals surface area (Å²) in [5.74, 6) is 0. The van der Waals surface area contributed by atoms with Crippen LogP contribution in [0.3, 0.4) is 0 Å². The van der Waals surface area contributed by atoms with Crippen molar-refractivity contribution >= 4 is 27.3 Å². The molecule has 0 aliphatic carbocycles. The quantitative estimate of drug-likeness (QED) is 0.670. The number of anilines is 1. The van der Waals surface area contributed by atoms with Crippen LogP contribution >= 0.6 is 15.9 Å². The highest BCUT2D eigenvalue weighted by molar-refractivity contribution is 9.10. The molecular formula is C11H16BrN3O2. The summed E-state index contributed by atoms with van der Waals surface area (Å²) in [6.07, 6.45) is 0. The summed E-state index contributed by atoms with van der Waals surface area (Å²) in [5, 5.41) is 13.9. The van der Waals surface area contributed by atoms with Gasteiger partial charge in [0.05, 0.1) is 10.6 Å². The molecule has 0 saturated heterocycles. The lowest BCUT2D eigenvalue weighted by molar-refractivity contribution is -0.385. The molecule has 0 amide bonds. The molecule has 0 radical (unpaired) electrons. The molecule has 1 N–H and O–H groups in total. The van der Waals surface area contributed by atoms with Crippen molar-refractivity contribution in [2.24, 2.45) is 0 Å². The maximum Gasteiger partial charge on any atom is 0.273 e. The van der Waals surface area contributed by atoms with Crippen molar-refractivity contribution in [3.63, 3.8) is 0 Å². The number of rotatable bonds is 5. The monoisotopic (exact) mass is 301 g/mol. The van der Waals surface area contributed by atoms with Crippen LogP contribution in [0.1, 0.15) is 5.56 Å². The molecule has 0 fully saturated rings. The van der Waals surface area contributed by atoms with E-state index in [1.165, 1.54) is 0 Å². The van der Waals surface area contributed by atoms with Crippen LogP contribution in [0.15, 0.2) is 16.6 Å². The van der Waals surface area contributed by atoms with Crippen molar-refractivity contribution in [1.29, 1.82) is 0 Å². The van der Waals surface area contributed by atoms with E-state index >= 15 is 0 Å². The average Bonchev–Trinajstić information content (AvgIpc) is 2.28. The van der Waals surface area contributed by atoms with E-state index in [-0.39, 0.29) is 10.6 Å². The minimum atomic E-state index is -0.364. The van der Waals surface area contributed by atoms with Crippen LogP contribution in [0.2, 0.25) is 0 Å². The molecule has 5 nitrogen and oxygen atoms in total. The minimum absolute atomic E-state index is 0.141. The van der Waals surface area contributed by atoms with Gasteiger partial charge in [-0.1, -0.05) is 0 Å². The Morgan fingerprint density at radius 1 is 1.53 bits per heavy atom. The van der Waals surface area contributed by atoms with Crippen LogP contribution < -0.4 is 10.2 Å². The molecule has 6 heteroatoms. The molecule has 0 heterocycles. The molecule has 0 spiro atoms. The third-order valence-corrected chi connectivity index (χ3v) is 3.21. The molecule has 1 aromatic rings. The summed E-state index contributed by atoms with van der Waals surface area (Å²) >= 11 is 3.38. The van der Waals surface area contributed by atoms with E-state index in [1.54, 1.807) is 13.0 Å². The molecular weight excluding hydrogens is 286 g/mol. The zero-order valence-corrected chi connectivity index (χ0v) is 11.7. The number of likely N-dealkylation sites (N-methyl/N-ethyl adjacent to an activating group) is 2. The topological polar surface area (TPSA) is 58.4 Å². The number of hydrogen-bond acceptors (Lipinski definition) is 4. The standard InChI is InChI=1S/C11H16BrN3O2/c1-8-6-11(14(3)5-4-13-2)9(12)7-10(8)15(16)17/h6-7,13H,4-5H2,1-3H3. The van der Waals surface area contributed by atoms with Crippen molar-refractivity contribution < 1.29 is 4.92 Å². The van der Waals surface area contributed by atoms with Gasteiger partial charge in [0.1, 0.15) is 0 Å². The summed E-state index contributed by atoms with van der Waals surface area (Å²) in [5.41, 5.74) is 1.77. The Morgan fingerprint density at radius 2 is 2.18 bits per heavy atom. The van der Waals surface area contributed by atoms with Crippen molar-refractivity contribution in [2.45, 2.75) is 6.92 Å². The lowest BCUT2D eigenvalue weighted by Gasteiger charge is -2.21. The van der Waals surface area contributed by atoms with Crippen LogP contribution in [0.4, 0.5) is 11.4 Å². The van der Waals surface area contributed by atoms with E-state index in [4.69, 9.17) is 0 Å². The molecule has 0 aliphatic heterocycles. The fraction of sp³-hybridized carbons (Fsp3) is 0.455. The normalized spacial score (nSPS) is 10.4. The van der Waals surface area contributed by atoms with Gasteiger partial charge in [-0.2, -0.15) is 0 Å². The Bertz CT molecular complexity index is 423. The molecule has 0 aliphatic rings. The van der Waals surface area contributed by atoms with E-state index in [1.807, 2.05) is 20.2 Å². The molecule has 1 aromatic carbocycles. The van der Waals surface area contributed by atoms with Gasteiger partial charge >= 0.3 is 0 Å². The van der Waals surface area contributed by atoms with Crippen LogP contribution in [0.5, 0.6) is 0 Å². The maximum absolute atomic E-state index is 10.8. The van der Waals surface area contributed by atoms with Gasteiger partial charge in [0.2, 0.25) is 0 Å².